The van der Waals surface area contributed by atoms with E-state index in [0.29, 0.717) is 32.5 Å². The lowest BCUT2D eigenvalue weighted by atomic mass is 10.1. The van der Waals surface area contributed by atoms with E-state index in [1.54, 1.807) is 12.0 Å². The van der Waals surface area contributed by atoms with E-state index in [1.165, 1.54) is 0 Å². The third kappa shape index (κ3) is 5.44. The van der Waals surface area contributed by atoms with Crippen molar-refractivity contribution in [2.24, 2.45) is 0 Å². The van der Waals surface area contributed by atoms with Crippen LogP contribution in [-0.4, -0.2) is 79.9 Å². The molecule has 110 valence electrons. The van der Waals surface area contributed by atoms with Crippen LogP contribution in [0.5, 0.6) is 0 Å². The molecular formula is C12H23N3O4. The first-order chi connectivity index (χ1) is 9.04. The molecule has 0 radical (unpaired) electrons. The van der Waals surface area contributed by atoms with Gasteiger partial charge in [-0.2, -0.15) is 0 Å². The Bertz CT molecular complexity index is 303. The van der Waals surface area contributed by atoms with E-state index in [2.05, 4.69) is 10.2 Å². The molecule has 2 N–H and O–H groups in total. The molecule has 0 aromatic carbocycles. The number of amides is 2. The molecule has 0 saturated carbocycles. The molecular weight excluding hydrogens is 250 g/mol. The van der Waals surface area contributed by atoms with Crippen LogP contribution in [-0.2, 0) is 9.53 Å². The number of urea groups is 1. The summed E-state index contributed by atoms with van der Waals surface area (Å²) >= 11 is 0. The number of carbonyl (C=O) groups excluding carboxylic acids is 1. The Morgan fingerprint density at radius 2 is 1.95 bits per heavy atom. The van der Waals surface area contributed by atoms with Gasteiger partial charge in [0.2, 0.25) is 0 Å². The van der Waals surface area contributed by atoms with Crippen molar-refractivity contribution in [3.8, 4) is 0 Å². The lowest BCUT2D eigenvalue weighted by Gasteiger charge is -2.33. The van der Waals surface area contributed by atoms with Crippen molar-refractivity contribution in [2.45, 2.75) is 18.9 Å². The number of carbonyl (C=O) groups is 2. The lowest BCUT2D eigenvalue weighted by molar-refractivity contribution is -0.139. The van der Waals surface area contributed by atoms with Crippen LogP contribution in [0.25, 0.3) is 0 Å². The van der Waals surface area contributed by atoms with E-state index in [1.807, 2.05) is 7.05 Å². The van der Waals surface area contributed by atoms with Crippen LogP contribution in [0.4, 0.5) is 4.79 Å². The van der Waals surface area contributed by atoms with Gasteiger partial charge in [-0.05, 0) is 19.9 Å². The van der Waals surface area contributed by atoms with Gasteiger partial charge in [0.1, 0.15) is 6.04 Å². The van der Waals surface area contributed by atoms with Crippen molar-refractivity contribution in [1.82, 2.24) is 15.1 Å². The first kappa shape index (κ1) is 15.7. The summed E-state index contributed by atoms with van der Waals surface area (Å²) in [6, 6.07) is -1.14. The van der Waals surface area contributed by atoms with Gasteiger partial charge >= 0.3 is 12.0 Å². The second-order valence-electron chi connectivity index (χ2n) is 4.77. The van der Waals surface area contributed by atoms with Crippen molar-refractivity contribution in [2.75, 3.05) is 46.9 Å². The molecule has 2 amide bonds. The third-order valence-corrected chi connectivity index (χ3v) is 3.23. The number of carboxylic acids is 1. The van der Waals surface area contributed by atoms with Gasteiger partial charge in [-0.1, -0.05) is 0 Å². The summed E-state index contributed by atoms with van der Waals surface area (Å²) in [7, 11) is 3.57. The van der Waals surface area contributed by atoms with Crippen LogP contribution in [0.15, 0.2) is 0 Å². The second kappa shape index (κ2) is 7.96. The Balaban J connectivity index is 2.40. The number of nitrogens with zero attached hydrogens (tertiary/aromatic N) is 2. The molecule has 1 atom stereocenters. The summed E-state index contributed by atoms with van der Waals surface area (Å²) in [6.45, 7) is 3.39. The Morgan fingerprint density at radius 1 is 1.32 bits per heavy atom. The molecule has 1 aliphatic rings. The molecule has 0 bridgehead atoms. The minimum absolute atomic E-state index is 0.294. The van der Waals surface area contributed by atoms with Crippen LogP contribution in [0.2, 0.25) is 0 Å². The van der Waals surface area contributed by atoms with Gasteiger partial charge in [0.25, 0.3) is 0 Å². The minimum Gasteiger partial charge on any atom is -0.480 e. The fourth-order valence-corrected chi connectivity index (χ4v) is 1.94. The second-order valence-corrected chi connectivity index (χ2v) is 4.77. The maximum atomic E-state index is 12.0. The topological polar surface area (TPSA) is 82.1 Å². The number of carboxylic acid groups (broad SMARTS) is 1. The molecule has 1 unspecified atom stereocenters. The van der Waals surface area contributed by atoms with Gasteiger partial charge in [-0.15, -0.1) is 0 Å². The summed E-state index contributed by atoms with van der Waals surface area (Å²) in [5.74, 6) is -1.00. The Morgan fingerprint density at radius 3 is 2.47 bits per heavy atom. The fourth-order valence-electron chi connectivity index (χ4n) is 1.94. The molecule has 1 heterocycles. The average molecular weight is 273 g/mol. The van der Waals surface area contributed by atoms with Crippen LogP contribution < -0.4 is 5.32 Å². The Labute approximate surface area is 113 Å². The number of ether oxygens (including phenoxy) is 1. The molecule has 0 spiro atoms. The maximum Gasteiger partial charge on any atom is 0.326 e. The van der Waals surface area contributed by atoms with Crippen molar-refractivity contribution < 1.29 is 19.4 Å². The van der Waals surface area contributed by atoms with E-state index in [0.717, 1.165) is 13.1 Å². The van der Waals surface area contributed by atoms with E-state index in [-0.39, 0.29) is 6.03 Å². The maximum absolute atomic E-state index is 12.0. The minimum atomic E-state index is -1.00. The zero-order chi connectivity index (χ0) is 14.3. The van der Waals surface area contributed by atoms with Crippen molar-refractivity contribution in [3.63, 3.8) is 0 Å². The number of methoxy groups -OCH3 is 1. The number of likely N-dealkylation sites (N-methyl/N-ethyl adjacent to an activating group) is 1. The van der Waals surface area contributed by atoms with Gasteiger partial charge in [0.05, 0.1) is 0 Å². The number of nitrogens with one attached hydrogen (secondary N) is 1. The molecule has 7 heteroatoms. The standard InChI is InChI=1S/C12H23N3O4/c1-14-5-7-15(8-6-14)12(18)13-10(11(16)17)4-3-9-19-2/h10H,3-9H2,1-2H3,(H,13,18)(H,16,17). The molecule has 0 aliphatic carbocycles. The van der Waals surface area contributed by atoms with Gasteiger partial charge in [-0.25, -0.2) is 9.59 Å². The van der Waals surface area contributed by atoms with Crippen LogP contribution in [0, 0.1) is 0 Å². The molecule has 1 aliphatic heterocycles. The highest BCUT2D eigenvalue weighted by atomic mass is 16.5. The Hall–Kier alpha value is -1.34. The summed E-state index contributed by atoms with van der Waals surface area (Å²) in [6.07, 6.45) is 0.985. The van der Waals surface area contributed by atoms with Crippen molar-refractivity contribution >= 4 is 12.0 Å². The SMILES string of the molecule is COCCCC(NC(=O)N1CCN(C)CC1)C(=O)O. The van der Waals surface area contributed by atoms with E-state index >= 15 is 0 Å². The number of piperazine rings is 1. The van der Waals surface area contributed by atoms with E-state index < -0.39 is 12.0 Å². The molecule has 0 aromatic heterocycles. The van der Waals surface area contributed by atoms with E-state index in [9.17, 15) is 9.59 Å². The summed E-state index contributed by atoms with van der Waals surface area (Å²) in [4.78, 5) is 26.8. The van der Waals surface area contributed by atoms with E-state index in [4.69, 9.17) is 9.84 Å². The smallest absolute Gasteiger partial charge is 0.326 e. The lowest BCUT2D eigenvalue weighted by Crippen LogP contribution is -2.53. The predicted octanol–water partition coefficient (Wildman–Crippen LogP) is -0.177. The quantitative estimate of drug-likeness (QED) is 0.656. The molecule has 1 fully saturated rings. The number of aliphatic carboxylic acids is 1. The van der Waals surface area contributed by atoms with Gasteiger partial charge < -0.3 is 25.0 Å². The fraction of sp³-hybridized carbons (Fsp3) is 0.833. The summed E-state index contributed by atoms with van der Waals surface area (Å²) < 4.78 is 4.88. The molecule has 0 aromatic rings. The highest BCUT2D eigenvalue weighted by Crippen LogP contribution is 2.03. The number of hydrogen-bond acceptors (Lipinski definition) is 4. The van der Waals surface area contributed by atoms with Crippen LogP contribution in [0.1, 0.15) is 12.8 Å². The summed E-state index contributed by atoms with van der Waals surface area (Å²) in [5.41, 5.74) is 0. The molecule has 19 heavy (non-hydrogen) atoms. The van der Waals surface area contributed by atoms with Gasteiger partial charge in [0.15, 0.2) is 0 Å². The Kier molecular flexibility index (Phi) is 6.58. The molecule has 1 saturated heterocycles. The van der Waals surface area contributed by atoms with Gasteiger partial charge in [0, 0.05) is 39.9 Å². The summed E-state index contributed by atoms with van der Waals surface area (Å²) in [5, 5.41) is 11.7. The zero-order valence-electron chi connectivity index (χ0n) is 11.6. The largest absolute Gasteiger partial charge is 0.480 e. The zero-order valence-corrected chi connectivity index (χ0v) is 11.6. The van der Waals surface area contributed by atoms with Crippen LogP contribution in [0.3, 0.4) is 0 Å². The first-order valence-electron chi connectivity index (χ1n) is 6.50. The van der Waals surface area contributed by atoms with Crippen molar-refractivity contribution in [1.29, 1.82) is 0 Å². The van der Waals surface area contributed by atoms with Crippen LogP contribution >= 0.6 is 0 Å². The highest BCUT2D eigenvalue weighted by Gasteiger charge is 2.24. The van der Waals surface area contributed by atoms with Gasteiger partial charge in [-0.3, -0.25) is 0 Å². The number of rotatable bonds is 6. The number of hydrogen-bond donors (Lipinski definition) is 2. The molecule has 7 nitrogen and oxygen atoms in total. The first-order valence-corrected chi connectivity index (χ1v) is 6.50. The average Bonchev–Trinajstić information content (AvgIpc) is 2.38. The van der Waals surface area contributed by atoms with Crippen molar-refractivity contribution in [3.05, 3.63) is 0 Å². The highest BCUT2D eigenvalue weighted by molar-refractivity contribution is 5.82. The predicted molar refractivity (Wildman–Crippen MR) is 70.1 cm³/mol. The normalized spacial score (nSPS) is 18.1. The molecule has 1 rings (SSSR count). The monoisotopic (exact) mass is 273 g/mol. The third-order valence-electron chi connectivity index (χ3n) is 3.23.